The van der Waals surface area contributed by atoms with Crippen molar-refractivity contribution in [3.63, 3.8) is 0 Å². The van der Waals surface area contributed by atoms with Gasteiger partial charge in [0.05, 0.1) is 36.5 Å². The number of ether oxygens (including phenoxy) is 3. The first-order chi connectivity index (χ1) is 20.0. The van der Waals surface area contributed by atoms with Gasteiger partial charge in [-0.15, -0.1) is 0 Å². The monoisotopic (exact) mass is 633 g/mol. The van der Waals surface area contributed by atoms with Gasteiger partial charge in [-0.1, -0.05) is 18.2 Å². The van der Waals surface area contributed by atoms with Crippen LogP contribution in [0.1, 0.15) is 41.0 Å². The predicted octanol–water partition coefficient (Wildman–Crippen LogP) is 6.13. The van der Waals surface area contributed by atoms with Crippen LogP contribution in [-0.2, 0) is 33.6 Å². The fraction of sp³-hybridized carbons (Fsp3) is 0.357. The molecule has 4 rings (SSSR count). The second-order valence-electron chi connectivity index (χ2n) is 9.88. The number of carbonyl (C=O) groups is 1. The molecule has 232 valence electrons. The third-order valence-electron chi connectivity index (χ3n) is 6.42. The van der Waals surface area contributed by atoms with Gasteiger partial charge in [0, 0.05) is 35.6 Å². The van der Waals surface area contributed by atoms with Crippen molar-refractivity contribution >= 4 is 15.8 Å². The Kier molecular flexibility index (Phi) is 9.13. The largest absolute Gasteiger partial charge is 0.494 e. The zero-order chi connectivity index (χ0) is 31.6. The lowest BCUT2D eigenvalue weighted by Crippen LogP contribution is -2.16. The van der Waals surface area contributed by atoms with Crippen molar-refractivity contribution in [1.29, 1.82) is 0 Å². The van der Waals surface area contributed by atoms with Crippen molar-refractivity contribution in [3.05, 3.63) is 70.9 Å². The number of fused-ring (bicyclic) bond motifs is 1. The molecule has 1 N–H and O–H groups in total. The lowest BCUT2D eigenvalue weighted by molar-refractivity contribution is -0.142. The Labute approximate surface area is 242 Å². The smallest absolute Gasteiger partial charge is 0.417 e. The lowest BCUT2D eigenvalue weighted by atomic mass is 9.92. The van der Waals surface area contributed by atoms with Crippen molar-refractivity contribution in [1.82, 2.24) is 4.98 Å². The minimum atomic E-state index is -5.19. The fourth-order valence-corrected chi connectivity index (χ4v) is 5.18. The first-order valence-electron chi connectivity index (χ1n) is 12.7. The normalized spacial score (nSPS) is 15.1. The number of aliphatic carboxylic acids is 1. The number of sulfone groups is 1. The molecule has 43 heavy (non-hydrogen) atoms. The van der Waals surface area contributed by atoms with E-state index in [2.05, 4.69) is 4.98 Å². The van der Waals surface area contributed by atoms with Gasteiger partial charge in [0.25, 0.3) is 0 Å². The number of nitrogens with zero attached hydrogens (tertiary/aromatic N) is 1. The lowest BCUT2D eigenvalue weighted by Gasteiger charge is -2.21. The van der Waals surface area contributed by atoms with Crippen LogP contribution in [0.25, 0.3) is 11.1 Å². The SMILES string of the molecule is CS(=O)(=O)CCCOc1cc(C(F)(F)F)c(-c2cccc(COc3cc4c(cn3)[C@@H](CC(=O)O)CO4)c2)c(C(F)(F)F)c1. The van der Waals surface area contributed by atoms with Gasteiger partial charge in [0.2, 0.25) is 5.88 Å². The molecule has 15 heteroatoms. The Hall–Kier alpha value is -4.01. The van der Waals surface area contributed by atoms with Crippen LogP contribution in [-0.4, -0.2) is 49.7 Å². The summed E-state index contributed by atoms with van der Waals surface area (Å²) in [5.74, 6) is -2.02. The molecule has 0 amide bonds. The number of aromatic nitrogens is 1. The van der Waals surface area contributed by atoms with Gasteiger partial charge in [0.1, 0.15) is 27.9 Å². The molecule has 1 atom stereocenters. The summed E-state index contributed by atoms with van der Waals surface area (Å²) in [5.41, 5.74) is -3.80. The van der Waals surface area contributed by atoms with Crippen molar-refractivity contribution in [2.75, 3.05) is 25.2 Å². The summed E-state index contributed by atoms with van der Waals surface area (Å²) in [6.07, 6.45) is -8.32. The van der Waals surface area contributed by atoms with E-state index in [4.69, 9.17) is 19.3 Å². The highest BCUT2D eigenvalue weighted by atomic mass is 32.2. The quantitative estimate of drug-likeness (QED) is 0.198. The third kappa shape index (κ3) is 8.30. The molecule has 0 spiro atoms. The number of hydrogen-bond donors (Lipinski definition) is 1. The van der Waals surface area contributed by atoms with E-state index in [9.17, 15) is 39.6 Å². The van der Waals surface area contributed by atoms with E-state index in [1.165, 1.54) is 24.4 Å². The van der Waals surface area contributed by atoms with Gasteiger partial charge < -0.3 is 19.3 Å². The maximum Gasteiger partial charge on any atom is 0.417 e. The van der Waals surface area contributed by atoms with E-state index in [1.807, 2.05) is 0 Å². The molecule has 0 radical (unpaired) electrons. The Morgan fingerprint density at radius 3 is 2.33 bits per heavy atom. The molecule has 0 aliphatic carbocycles. The molecule has 2 aromatic carbocycles. The number of carboxylic acids is 1. The molecule has 0 fully saturated rings. The van der Waals surface area contributed by atoms with Gasteiger partial charge in [-0.05, 0) is 35.7 Å². The second kappa shape index (κ2) is 12.3. The number of carboxylic acid groups (broad SMARTS) is 1. The van der Waals surface area contributed by atoms with Gasteiger partial charge >= 0.3 is 18.3 Å². The molecule has 1 aliphatic rings. The van der Waals surface area contributed by atoms with E-state index in [0.29, 0.717) is 23.4 Å². The summed E-state index contributed by atoms with van der Waals surface area (Å²) in [6.45, 7) is -0.527. The summed E-state index contributed by atoms with van der Waals surface area (Å²) >= 11 is 0. The molecule has 0 unspecified atom stereocenters. The van der Waals surface area contributed by atoms with E-state index < -0.39 is 57.2 Å². The minimum Gasteiger partial charge on any atom is -0.494 e. The number of hydrogen-bond acceptors (Lipinski definition) is 7. The fourth-order valence-electron chi connectivity index (χ4n) is 4.54. The maximum atomic E-state index is 14.1. The minimum absolute atomic E-state index is 0.0597. The van der Waals surface area contributed by atoms with Crippen molar-refractivity contribution in [3.8, 4) is 28.5 Å². The zero-order valence-corrected chi connectivity index (χ0v) is 23.3. The van der Waals surface area contributed by atoms with E-state index in [0.717, 1.165) is 18.4 Å². The van der Waals surface area contributed by atoms with E-state index >= 15 is 0 Å². The van der Waals surface area contributed by atoms with Crippen LogP contribution in [0, 0.1) is 0 Å². The Morgan fingerprint density at radius 2 is 1.72 bits per heavy atom. The predicted molar refractivity (Wildman–Crippen MR) is 141 cm³/mol. The third-order valence-corrected chi connectivity index (χ3v) is 7.45. The standard InChI is InChI=1S/C28H25F6NO7S/c1-43(38,39)7-3-6-40-19-10-21(27(29,30)31)26(22(11-19)28(32,33)34)17-5-2-4-16(8-17)14-42-24-12-23-20(13-35-24)18(15-41-23)9-25(36)37/h2,4-5,8,10-13,18H,3,6-7,9,14-15H2,1H3,(H,36,37)/t18-/m0/s1. The van der Waals surface area contributed by atoms with Gasteiger partial charge in [-0.3, -0.25) is 4.79 Å². The Bertz CT molecular complexity index is 1570. The number of pyridine rings is 1. The molecule has 1 aliphatic heterocycles. The summed E-state index contributed by atoms with van der Waals surface area (Å²) in [5, 5.41) is 9.02. The molecule has 2 heterocycles. The highest BCUT2D eigenvalue weighted by molar-refractivity contribution is 7.90. The number of halogens is 6. The summed E-state index contributed by atoms with van der Waals surface area (Å²) in [6, 6.07) is 7.34. The summed E-state index contributed by atoms with van der Waals surface area (Å²) in [7, 11) is -3.40. The molecule has 3 aromatic rings. The van der Waals surface area contributed by atoms with Crippen LogP contribution >= 0.6 is 0 Å². The van der Waals surface area contributed by atoms with Crippen LogP contribution in [0.5, 0.6) is 17.4 Å². The topological polar surface area (TPSA) is 112 Å². The second-order valence-corrected chi connectivity index (χ2v) is 12.1. The molecule has 0 saturated carbocycles. The van der Waals surface area contributed by atoms with Crippen LogP contribution in [0.3, 0.4) is 0 Å². The average Bonchev–Trinajstić information content (AvgIpc) is 3.29. The maximum absolute atomic E-state index is 14.1. The zero-order valence-electron chi connectivity index (χ0n) is 22.5. The number of benzene rings is 2. The first kappa shape index (κ1) is 31.9. The van der Waals surface area contributed by atoms with Crippen LogP contribution in [0.15, 0.2) is 48.7 Å². The Morgan fingerprint density at radius 1 is 1.05 bits per heavy atom. The van der Waals surface area contributed by atoms with E-state index in [-0.39, 0.29) is 54.7 Å². The van der Waals surface area contributed by atoms with Crippen molar-refractivity contribution in [2.45, 2.75) is 37.7 Å². The Balaban J connectivity index is 1.61. The van der Waals surface area contributed by atoms with Gasteiger partial charge in [-0.2, -0.15) is 26.3 Å². The number of alkyl halides is 6. The van der Waals surface area contributed by atoms with Crippen LogP contribution in [0.4, 0.5) is 26.3 Å². The molecule has 8 nitrogen and oxygen atoms in total. The first-order valence-corrected chi connectivity index (χ1v) is 14.8. The molecule has 0 bridgehead atoms. The molecular formula is C28H25F6NO7S. The molecule has 0 saturated heterocycles. The number of rotatable bonds is 11. The average molecular weight is 634 g/mol. The van der Waals surface area contributed by atoms with Gasteiger partial charge in [0.15, 0.2) is 0 Å². The highest BCUT2D eigenvalue weighted by Gasteiger charge is 2.42. The van der Waals surface area contributed by atoms with Gasteiger partial charge in [-0.25, -0.2) is 13.4 Å². The van der Waals surface area contributed by atoms with Crippen molar-refractivity contribution in [2.24, 2.45) is 0 Å². The summed E-state index contributed by atoms with van der Waals surface area (Å²) < 4.78 is 123. The molecule has 1 aromatic heterocycles. The highest BCUT2D eigenvalue weighted by Crippen LogP contribution is 2.47. The molecular weight excluding hydrogens is 608 g/mol. The van der Waals surface area contributed by atoms with Crippen LogP contribution in [0.2, 0.25) is 0 Å². The summed E-state index contributed by atoms with van der Waals surface area (Å²) in [4.78, 5) is 15.1. The van der Waals surface area contributed by atoms with Crippen molar-refractivity contribution < 1.29 is 58.9 Å². The van der Waals surface area contributed by atoms with Crippen LogP contribution < -0.4 is 14.2 Å². The van der Waals surface area contributed by atoms with E-state index in [1.54, 1.807) is 0 Å².